The highest BCUT2D eigenvalue weighted by molar-refractivity contribution is 5.83. The fourth-order valence-corrected chi connectivity index (χ4v) is 0.872. The highest BCUT2D eigenvalue weighted by Gasteiger charge is 2.18. The molecule has 0 radical (unpaired) electrons. The first kappa shape index (κ1) is 12.9. The molecular weight excluding hydrogens is 186 g/mol. The monoisotopic (exact) mass is 203 g/mol. The molecule has 14 heavy (non-hydrogen) atoms. The summed E-state index contributed by atoms with van der Waals surface area (Å²) >= 11 is 0. The minimum Gasteiger partial charge on any atom is -0.480 e. The van der Waals surface area contributed by atoms with Gasteiger partial charge in [-0.1, -0.05) is 13.8 Å². The number of carboxylic acids is 1. The van der Waals surface area contributed by atoms with Crippen molar-refractivity contribution in [1.29, 1.82) is 0 Å². The summed E-state index contributed by atoms with van der Waals surface area (Å²) < 4.78 is 0. The van der Waals surface area contributed by atoms with Gasteiger partial charge in [-0.05, 0) is 12.3 Å². The van der Waals surface area contributed by atoms with Crippen molar-refractivity contribution in [3.05, 3.63) is 0 Å². The first-order valence-electron chi connectivity index (χ1n) is 4.60. The van der Waals surface area contributed by atoms with Gasteiger partial charge in [0.15, 0.2) is 0 Å². The van der Waals surface area contributed by atoms with Crippen LogP contribution in [0.5, 0.6) is 0 Å². The van der Waals surface area contributed by atoms with Gasteiger partial charge < -0.3 is 15.5 Å². The van der Waals surface area contributed by atoms with E-state index in [0.717, 1.165) is 0 Å². The Morgan fingerprint density at radius 2 is 1.93 bits per heavy atom. The smallest absolute Gasteiger partial charge is 0.328 e. The van der Waals surface area contributed by atoms with Gasteiger partial charge in [0, 0.05) is 6.42 Å². The standard InChI is InChI=1S/C9H17NO4/c1-6(2)3-4-8(12)10-7(5-11)9(13)14/h6-7,11H,3-5H2,1-2H3,(H,10,12)(H,13,14)/t7-/m0/s1. The summed E-state index contributed by atoms with van der Waals surface area (Å²) in [5.41, 5.74) is 0. The molecule has 0 aromatic rings. The number of hydrogen-bond acceptors (Lipinski definition) is 3. The molecular formula is C9H17NO4. The van der Waals surface area contributed by atoms with E-state index in [-0.39, 0.29) is 5.91 Å². The molecule has 0 rings (SSSR count). The Bertz CT molecular complexity index is 203. The average molecular weight is 203 g/mol. The molecule has 5 nitrogen and oxygen atoms in total. The molecule has 5 heteroatoms. The molecule has 0 aromatic carbocycles. The van der Waals surface area contributed by atoms with E-state index in [4.69, 9.17) is 10.2 Å². The fourth-order valence-electron chi connectivity index (χ4n) is 0.872. The van der Waals surface area contributed by atoms with Gasteiger partial charge in [0.2, 0.25) is 5.91 Å². The van der Waals surface area contributed by atoms with Crippen LogP contribution in [0.1, 0.15) is 26.7 Å². The molecule has 0 spiro atoms. The van der Waals surface area contributed by atoms with Crippen molar-refractivity contribution in [1.82, 2.24) is 5.32 Å². The molecule has 1 atom stereocenters. The lowest BCUT2D eigenvalue weighted by molar-refractivity contribution is -0.143. The van der Waals surface area contributed by atoms with Gasteiger partial charge in [-0.3, -0.25) is 4.79 Å². The zero-order valence-corrected chi connectivity index (χ0v) is 8.49. The zero-order valence-electron chi connectivity index (χ0n) is 8.49. The van der Waals surface area contributed by atoms with E-state index in [0.29, 0.717) is 18.8 Å². The Labute approximate surface area is 83.1 Å². The summed E-state index contributed by atoms with van der Waals surface area (Å²) in [5.74, 6) is -1.15. The predicted molar refractivity (Wildman–Crippen MR) is 50.7 cm³/mol. The van der Waals surface area contributed by atoms with Crippen LogP contribution in [0.2, 0.25) is 0 Å². The van der Waals surface area contributed by atoms with E-state index in [9.17, 15) is 9.59 Å². The van der Waals surface area contributed by atoms with Crippen LogP contribution in [0, 0.1) is 5.92 Å². The normalized spacial score (nSPS) is 12.6. The number of nitrogens with one attached hydrogen (secondary N) is 1. The van der Waals surface area contributed by atoms with Gasteiger partial charge in [0.25, 0.3) is 0 Å². The third-order valence-corrected chi connectivity index (χ3v) is 1.76. The number of amides is 1. The van der Waals surface area contributed by atoms with Crippen LogP contribution >= 0.6 is 0 Å². The summed E-state index contributed by atoms with van der Waals surface area (Å²) in [6, 6.07) is -1.19. The Kier molecular flexibility index (Phi) is 5.87. The number of aliphatic hydroxyl groups excluding tert-OH is 1. The SMILES string of the molecule is CC(C)CCC(=O)N[C@@H](CO)C(=O)O. The molecule has 3 N–H and O–H groups in total. The highest BCUT2D eigenvalue weighted by atomic mass is 16.4. The first-order chi connectivity index (χ1) is 6.47. The number of hydrogen-bond donors (Lipinski definition) is 3. The summed E-state index contributed by atoms with van der Waals surface area (Å²) in [7, 11) is 0. The molecule has 1 amide bonds. The second-order valence-electron chi connectivity index (χ2n) is 3.57. The van der Waals surface area contributed by atoms with Crippen LogP contribution in [0.4, 0.5) is 0 Å². The topological polar surface area (TPSA) is 86.6 Å². The maximum Gasteiger partial charge on any atom is 0.328 e. The Balaban J connectivity index is 3.85. The van der Waals surface area contributed by atoms with Crippen LogP contribution in [-0.2, 0) is 9.59 Å². The molecule has 0 fully saturated rings. The van der Waals surface area contributed by atoms with Crippen molar-refractivity contribution in [2.45, 2.75) is 32.7 Å². The number of aliphatic carboxylic acids is 1. The summed E-state index contributed by atoms with van der Waals surface area (Å²) in [5, 5.41) is 19.4. The van der Waals surface area contributed by atoms with Crippen molar-refractivity contribution in [2.24, 2.45) is 5.92 Å². The third kappa shape index (κ3) is 5.53. The molecule has 0 bridgehead atoms. The van der Waals surface area contributed by atoms with Crippen LogP contribution in [-0.4, -0.2) is 34.7 Å². The Morgan fingerprint density at radius 3 is 2.29 bits per heavy atom. The van der Waals surface area contributed by atoms with E-state index >= 15 is 0 Å². The molecule has 82 valence electrons. The summed E-state index contributed by atoms with van der Waals surface area (Å²) in [4.78, 5) is 21.6. The van der Waals surface area contributed by atoms with Gasteiger partial charge in [-0.25, -0.2) is 4.79 Å². The number of carbonyl (C=O) groups is 2. The predicted octanol–water partition coefficient (Wildman–Crippen LogP) is -0.0157. The van der Waals surface area contributed by atoms with Gasteiger partial charge in [0.05, 0.1) is 6.61 Å². The molecule has 0 saturated heterocycles. The fraction of sp³-hybridized carbons (Fsp3) is 0.778. The molecule has 0 aliphatic heterocycles. The Hall–Kier alpha value is -1.10. The summed E-state index contributed by atoms with van der Waals surface area (Å²) in [6.07, 6.45) is 1.01. The highest BCUT2D eigenvalue weighted by Crippen LogP contribution is 2.03. The molecule has 0 saturated carbocycles. The van der Waals surface area contributed by atoms with Crippen LogP contribution < -0.4 is 5.32 Å². The van der Waals surface area contributed by atoms with Crippen molar-refractivity contribution >= 4 is 11.9 Å². The molecule has 0 aliphatic carbocycles. The average Bonchev–Trinajstić information content (AvgIpc) is 2.10. The minimum atomic E-state index is -1.22. The van der Waals surface area contributed by atoms with E-state index in [1.165, 1.54) is 0 Å². The number of rotatable bonds is 6. The Morgan fingerprint density at radius 1 is 1.36 bits per heavy atom. The number of carbonyl (C=O) groups excluding carboxylic acids is 1. The lowest BCUT2D eigenvalue weighted by Crippen LogP contribution is -2.43. The number of aliphatic hydroxyl groups is 1. The van der Waals surface area contributed by atoms with E-state index < -0.39 is 18.6 Å². The van der Waals surface area contributed by atoms with Gasteiger partial charge in [0.1, 0.15) is 6.04 Å². The first-order valence-corrected chi connectivity index (χ1v) is 4.60. The lowest BCUT2D eigenvalue weighted by Gasteiger charge is -2.11. The molecule has 0 aliphatic rings. The van der Waals surface area contributed by atoms with Gasteiger partial charge in [-0.2, -0.15) is 0 Å². The number of carboxylic acid groups (broad SMARTS) is 1. The molecule has 0 aromatic heterocycles. The zero-order chi connectivity index (χ0) is 11.1. The minimum absolute atomic E-state index is 0.293. The molecule has 0 heterocycles. The summed E-state index contributed by atoms with van der Waals surface area (Å²) in [6.45, 7) is 3.38. The second kappa shape index (κ2) is 6.37. The maximum absolute atomic E-state index is 11.1. The van der Waals surface area contributed by atoms with Crippen LogP contribution in [0.15, 0.2) is 0 Å². The van der Waals surface area contributed by atoms with Crippen molar-refractivity contribution < 1.29 is 19.8 Å². The van der Waals surface area contributed by atoms with Crippen molar-refractivity contribution in [2.75, 3.05) is 6.61 Å². The maximum atomic E-state index is 11.1. The van der Waals surface area contributed by atoms with Crippen LogP contribution in [0.25, 0.3) is 0 Å². The third-order valence-electron chi connectivity index (χ3n) is 1.76. The van der Waals surface area contributed by atoms with Gasteiger partial charge in [-0.15, -0.1) is 0 Å². The van der Waals surface area contributed by atoms with E-state index in [1.54, 1.807) is 0 Å². The van der Waals surface area contributed by atoms with Crippen LogP contribution in [0.3, 0.4) is 0 Å². The second-order valence-corrected chi connectivity index (χ2v) is 3.57. The molecule has 0 unspecified atom stereocenters. The quantitative estimate of drug-likeness (QED) is 0.566. The van der Waals surface area contributed by atoms with Gasteiger partial charge >= 0.3 is 5.97 Å². The van der Waals surface area contributed by atoms with Crippen molar-refractivity contribution in [3.63, 3.8) is 0 Å². The van der Waals surface area contributed by atoms with E-state index in [1.807, 2.05) is 13.8 Å². The largest absolute Gasteiger partial charge is 0.480 e. The van der Waals surface area contributed by atoms with Crippen molar-refractivity contribution in [3.8, 4) is 0 Å². The van der Waals surface area contributed by atoms with E-state index in [2.05, 4.69) is 5.32 Å². The lowest BCUT2D eigenvalue weighted by atomic mass is 10.1.